The lowest BCUT2D eigenvalue weighted by molar-refractivity contribution is 0.427. The highest BCUT2D eigenvalue weighted by Crippen LogP contribution is 2.24. The molecule has 2 heterocycles. The molecule has 7 nitrogen and oxygen atoms in total. The molecular formula is C21H19N7. The van der Waals surface area contributed by atoms with E-state index in [0.717, 1.165) is 16.9 Å². The molecule has 1 atom stereocenters. The molecule has 4 rings (SSSR count). The first-order valence-corrected chi connectivity index (χ1v) is 8.87. The number of hydrogen-bond acceptors (Lipinski definition) is 7. The Morgan fingerprint density at radius 1 is 0.893 bits per heavy atom. The predicted octanol–water partition coefficient (Wildman–Crippen LogP) is 4.39. The second kappa shape index (κ2) is 7.79. The summed E-state index contributed by atoms with van der Waals surface area (Å²) in [5, 5.41) is 15.2. The van der Waals surface area contributed by atoms with Crippen LogP contribution in [0.3, 0.4) is 0 Å². The van der Waals surface area contributed by atoms with Crippen molar-refractivity contribution in [2.75, 3.05) is 5.32 Å². The molecule has 0 saturated heterocycles. The van der Waals surface area contributed by atoms with E-state index in [1.54, 1.807) is 18.5 Å². The fourth-order valence-corrected chi connectivity index (χ4v) is 2.76. The van der Waals surface area contributed by atoms with Gasteiger partial charge in [-0.1, -0.05) is 48.5 Å². The molecule has 3 aromatic rings. The molecule has 0 spiro atoms. The topological polar surface area (TPSA) is 86.9 Å². The van der Waals surface area contributed by atoms with Crippen LogP contribution in [0.2, 0.25) is 0 Å². The van der Waals surface area contributed by atoms with Gasteiger partial charge in [-0.05, 0) is 23.8 Å². The zero-order valence-corrected chi connectivity index (χ0v) is 15.3. The van der Waals surface area contributed by atoms with Gasteiger partial charge in [-0.25, -0.2) is 15.0 Å². The zero-order chi connectivity index (χ0) is 19.2. The van der Waals surface area contributed by atoms with Crippen molar-refractivity contribution in [3.05, 3.63) is 90.8 Å². The van der Waals surface area contributed by atoms with E-state index >= 15 is 0 Å². The van der Waals surface area contributed by atoms with E-state index in [1.807, 2.05) is 73.7 Å². The van der Waals surface area contributed by atoms with Gasteiger partial charge in [0.1, 0.15) is 5.84 Å². The summed E-state index contributed by atoms with van der Waals surface area (Å²) in [5.74, 6) is -0.0377. The number of nitrogens with zero attached hydrogens (tertiary/aromatic N) is 5. The number of nitrogens with one attached hydrogen (secondary N) is 2. The Balaban J connectivity index is 1.68. The first-order valence-electron chi connectivity index (χ1n) is 8.87. The van der Waals surface area contributed by atoms with Crippen molar-refractivity contribution in [3.8, 4) is 0 Å². The molecule has 0 fully saturated rings. The number of para-hydroxylation sites is 1. The van der Waals surface area contributed by atoms with Gasteiger partial charge < -0.3 is 10.6 Å². The minimum Gasteiger partial charge on any atom is -0.341 e. The van der Waals surface area contributed by atoms with Crippen LogP contribution in [-0.2, 0) is 0 Å². The lowest BCUT2D eigenvalue weighted by Crippen LogP contribution is -2.42. The maximum Gasteiger partial charge on any atom is 0.268 e. The van der Waals surface area contributed by atoms with E-state index in [2.05, 4.69) is 30.8 Å². The van der Waals surface area contributed by atoms with Crippen molar-refractivity contribution >= 4 is 23.2 Å². The monoisotopic (exact) mass is 369 g/mol. The lowest BCUT2D eigenvalue weighted by atomic mass is 10.1. The maximum atomic E-state index is 4.70. The third-order valence-corrected chi connectivity index (χ3v) is 4.01. The summed E-state index contributed by atoms with van der Waals surface area (Å²) >= 11 is 0. The predicted molar refractivity (Wildman–Crippen MR) is 110 cm³/mol. The van der Waals surface area contributed by atoms with Crippen LogP contribution in [0.15, 0.2) is 100 Å². The Bertz CT molecular complexity index is 1010. The van der Waals surface area contributed by atoms with Gasteiger partial charge in [0.05, 0.1) is 0 Å². The number of aromatic nitrogens is 2. The van der Waals surface area contributed by atoms with Crippen LogP contribution < -0.4 is 10.6 Å². The van der Waals surface area contributed by atoms with Gasteiger partial charge in [0, 0.05) is 36.8 Å². The Morgan fingerprint density at radius 3 is 2.29 bits per heavy atom. The van der Waals surface area contributed by atoms with Crippen LogP contribution in [0.4, 0.5) is 11.6 Å². The summed E-state index contributed by atoms with van der Waals surface area (Å²) < 4.78 is 0. The molecule has 1 aliphatic heterocycles. The molecule has 0 amide bonds. The summed E-state index contributed by atoms with van der Waals surface area (Å²) in [6.45, 7) is 1.85. The number of amidine groups is 1. The number of anilines is 1. The number of azo groups is 1. The molecule has 138 valence electrons. The normalized spacial score (nSPS) is 18.9. The van der Waals surface area contributed by atoms with Crippen molar-refractivity contribution in [1.29, 1.82) is 0 Å². The van der Waals surface area contributed by atoms with Crippen molar-refractivity contribution in [1.82, 2.24) is 15.3 Å². The molecule has 7 heteroatoms. The summed E-state index contributed by atoms with van der Waals surface area (Å²) in [7, 11) is 0. The minimum atomic E-state index is -1.00. The van der Waals surface area contributed by atoms with Crippen LogP contribution >= 0.6 is 0 Å². The van der Waals surface area contributed by atoms with Gasteiger partial charge in [0.25, 0.3) is 5.95 Å². The van der Waals surface area contributed by atoms with Crippen LogP contribution in [-0.4, -0.2) is 21.6 Å². The maximum absolute atomic E-state index is 4.70. The van der Waals surface area contributed by atoms with Crippen molar-refractivity contribution in [2.45, 2.75) is 12.7 Å². The highest BCUT2D eigenvalue weighted by Gasteiger charge is 2.28. The lowest BCUT2D eigenvalue weighted by Gasteiger charge is -2.29. The first kappa shape index (κ1) is 17.5. The number of benzene rings is 2. The Kier molecular flexibility index (Phi) is 4.88. The third-order valence-electron chi connectivity index (χ3n) is 4.01. The second-order valence-electron chi connectivity index (χ2n) is 6.31. The molecule has 0 radical (unpaired) electrons. The van der Waals surface area contributed by atoms with E-state index in [0.29, 0.717) is 5.84 Å². The molecule has 28 heavy (non-hydrogen) atoms. The van der Waals surface area contributed by atoms with Crippen LogP contribution in [0.1, 0.15) is 12.5 Å². The van der Waals surface area contributed by atoms with Gasteiger partial charge in [-0.3, -0.25) is 0 Å². The largest absolute Gasteiger partial charge is 0.341 e. The van der Waals surface area contributed by atoms with E-state index < -0.39 is 5.79 Å². The van der Waals surface area contributed by atoms with Gasteiger partial charge in [-0.15, -0.1) is 10.2 Å². The average Bonchev–Trinajstić information content (AvgIpc) is 2.74. The van der Waals surface area contributed by atoms with Crippen LogP contribution in [0.25, 0.3) is 5.70 Å². The van der Waals surface area contributed by atoms with Crippen molar-refractivity contribution in [3.63, 3.8) is 0 Å². The fraction of sp³-hybridized carbons (Fsp3) is 0.0952. The molecule has 1 unspecified atom stereocenters. The SMILES string of the molecule is CC1(N=Nc2ncccn2)N=C(Nc2ccccc2)C=C(c2ccccc2)N1. The quantitative estimate of drug-likeness (QED) is 0.668. The van der Waals surface area contributed by atoms with Gasteiger partial charge in [0.2, 0.25) is 5.79 Å². The summed E-state index contributed by atoms with van der Waals surface area (Å²) in [6, 6.07) is 21.6. The number of hydrogen-bond donors (Lipinski definition) is 2. The minimum absolute atomic E-state index is 0.286. The van der Waals surface area contributed by atoms with Crippen LogP contribution in [0.5, 0.6) is 0 Å². The highest BCUT2D eigenvalue weighted by molar-refractivity contribution is 6.08. The van der Waals surface area contributed by atoms with Crippen molar-refractivity contribution < 1.29 is 0 Å². The summed E-state index contributed by atoms with van der Waals surface area (Å²) in [5.41, 5.74) is 2.86. The molecule has 1 aromatic heterocycles. The molecule has 2 aromatic carbocycles. The number of aliphatic imine (C=N–C) groups is 1. The third kappa shape index (κ3) is 4.27. The molecular weight excluding hydrogens is 350 g/mol. The van der Waals surface area contributed by atoms with E-state index in [-0.39, 0.29) is 5.95 Å². The van der Waals surface area contributed by atoms with Crippen LogP contribution in [0, 0.1) is 0 Å². The molecule has 1 aliphatic rings. The van der Waals surface area contributed by atoms with E-state index in [9.17, 15) is 0 Å². The Hall–Kier alpha value is -3.87. The average molecular weight is 369 g/mol. The molecule has 2 N–H and O–H groups in total. The summed E-state index contributed by atoms with van der Waals surface area (Å²) in [4.78, 5) is 12.9. The van der Waals surface area contributed by atoms with Gasteiger partial charge in [0.15, 0.2) is 0 Å². The standard InChI is InChI=1S/C21H19N7/c1-21(28-27-20-22-13-8-14-23-20)25-18(16-9-4-2-5-10-16)15-19(26-21)24-17-11-6-3-7-12-17/h2-15,25H,1H3,(H,24,26). The van der Waals surface area contributed by atoms with Crippen molar-refractivity contribution in [2.24, 2.45) is 15.2 Å². The van der Waals surface area contributed by atoms with Gasteiger partial charge in [-0.2, -0.15) is 0 Å². The second-order valence-corrected chi connectivity index (χ2v) is 6.31. The van der Waals surface area contributed by atoms with Gasteiger partial charge >= 0.3 is 0 Å². The fourth-order valence-electron chi connectivity index (χ4n) is 2.76. The van der Waals surface area contributed by atoms with E-state index in [1.165, 1.54) is 0 Å². The first-order chi connectivity index (χ1) is 13.7. The summed E-state index contributed by atoms with van der Waals surface area (Å²) in [6.07, 6.45) is 5.20. The Labute approximate surface area is 163 Å². The molecule has 0 aliphatic carbocycles. The number of rotatable bonds is 4. The van der Waals surface area contributed by atoms with E-state index in [4.69, 9.17) is 4.99 Å². The highest BCUT2D eigenvalue weighted by atomic mass is 15.4. The molecule has 0 saturated carbocycles. The Morgan fingerprint density at radius 2 is 1.57 bits per heavy atom. The smallest absolute Gasteiger partial charge is 0.268 e. The molecule has 0 bridgehead atoms. The zero-order valence-electron chi connectivity index (χ0n) is 15.3.